The Hall–Kier alpha value is -1.57. The number of carbonyl (C=O) groups is 1. The number of allylic oxidation sites excluding steroid dienone is 5. The van der Waals surface area contributed by atoms with E-state index in [9.17, 15) is 26.4 Å². The van der Waals surface area contributed by atoms with Gasteiger partial charge in [0.15, 0.2) is 0 Å². The van der Waals surface area contributed by atoms with Gasteiger partial charge in [0.2, 0.25) is 0 Å². The van der Waals surface area contributed by atoms with Gasteiger partial charge in [-0.3, -0.25) is 4.79 Å². The largest absolute Gasteiger partial charge is 0.534 e. The van der Waals surface area contributed by atoms with Crippen molar-refractivity contribution in [3.05, 3.63) is 35.1 Å². The molecule has 0 amide bonds. The van der Waals surface area contributed by atoms with Crippen molar-refractivity contribution in [2.45, 2.75) is 57.4 Å². The van der Waals surface area contributed by atoms with Gasteiger partial charge in [0.1, 0.15) is 11.5 Å². The molecule has 2 bridgehead atoms. The topological polar surface area (TPSA) is 60.4 Å². The molecule has 154 valence electrons. The minimum Gasteiger partial charge on any atom is -0.376 e. The number of rotatable bonds is 2. The zero-order valence-electron chi connectivity index (χ0n) is 15.6. The molecule has 0 aromatic rings. The molecule has 0 aromatic heterocycles. The van der Waals surface area contributed by atoms with E-state index in [0.29, 0.717) is 36.9 Å². The summed E-state index contributed by atoms with van der Waals surface area (Å²) in [6.45, 7) is 2.09. The van der Waals surface area contributed by atoms with Crippen LogP contribution >= 0.6 is 0 Å². The van der Waals surface area contributed by atoms with Crippen LogP contribution < -0.4 is 0 Å². The molecule has 4 aliphatic rings. The predicted octanol–water partition coefficient (Wildman–Crippen LogP) is 4.80. The molecule has 0 aromatic carbocycles. The van der Waals surface area contributed by atoms with Crippen molar-refractivity contribution in [2.24, 2.45) is 23.2 Å². The molecule has 0 aliphatic heterocycles. The van der Waals surface area contributed by atoms with Crippen LogP contribution in [0.15, 0.2) is 35.1 Å². The highest BCUT2D eigenvalue weighted by atomic mass is 32.2. The number of alkyl halides is 3. The third kappa shape index (κ3) is 3.13. The van der Waals surface area contributed by atoms with Crippen molar-refractivity contribution in [2.75, 3.05) is 0 Å². The van der Waals surface area contributed by atoms with E-state index in [1.54, 1.807) is 6.08 Å². The molecule has 0 unspecified atom stereocenters. The Balaban J connectivity index is 1.63. The number of fused-ring (bicyclic) bond motifs is 6. The molecule has 4 rings (SSSR count). The standard InChI is InChI=1S/C20H23F3O4S/c1-19-9-8-15-13-3-4-14(27-28(25,26)20(21,22)23)11-12(10-13)2-5-16(15)17(19)6-7-18(19)24/h3-4,11,15-17H,2,5-10H2,1H3/t15-,16-,17+,19+/m1/s1. The average Bonchev–Trinajstić information content (AvgIpc) is 2.75. The van der Waals surface area contributed by atoms with Crippen LogP contribution in [0.25, 0.3) is 0 Å². The number of hydrogen-bond donors (Lipinski definition) is 0. The summed E-state index contributed by atoms with van der Waals surface area (Å²) in [5, 5.41) is 0. The third-order valence-corrected chi connectivity index (χ3v) is 8.13. The summed E-state index contributed by atoms with van der Waals surface area (Å²) in [7, 11) is -5.68. The lowest BCUT2D eigenvalue weighted by molar-refractivity contribution is -0.129. The third-order valence-electron chi connectivity index (χ3n) is 7.15. The van der Waals surface area contributed by atoms with Crippen molar-refractivity contribution in [1.82, 2.24) is 0 Å². The molecule has 4 nitrogen and oxygen atoms in total. The fraction of sp³-hybridized carbons (Fsp3) is 0.650. The highest BCUT2D eigenvalue weighted by Crippen LogP contribution is 2.58. The van der Waals surface area contributed by atoms with Crippen molar-refractivity contribution < 1.29 is 30.6 Å². The maximum atomic E-state index is 12.6. The minimum absolute atomic E-state index is 0.241. The van der Waals surface area contributed by atoms with E-state index in [4.69, 9.17) is 0 Å². The molecule has 4 aliphatic carbocycles. The molecular formula is C20H23F3O4S. The lowest BCUT2D eigenvalue weighted by Gasteiger charge is -2.45. The molecule has 3 fully saturated rings. The Morgan fingerprint density at radius 3 is 2.61 bits per heavy atom. The van der Waals surface area contributed by atoms with E-state index in [0.717, 1.165) is 36.8 Å². The second-order valence-corrected chi connectivity index (χ2v) is 10.1. The average molecular weight is 416 g/mol. The summed E-state index contributed by atoms with van der Waals surface area (Å²) in [5.74, 6) is 1.09. The van der Waals surface area contributed by atoms with E-state index in [1.165, 1.54) is 12.2 Å². The van der Waals surface area contributed by atoms with Gasteiger partial charge in [-0.15, -0.1) is 0 Å². The van der Waals surface area contributed by atoms with Gasteiger partial charge < -0.3 is 4.18 Å². The van der Waals surface area contributed by atoms with Crippen LogP contribution in [0.5, 0.6) is 0 Å². The van der Waals surface area contributed by atoms with E-state index in [2.05, 4.69) is 11.1 Å². The SMILES string of the molecule is C[C@]12CC[C@@H]3C4=CC=C(OS(=O)(=O)C(F)(F)F)C=C(CC[C@H]3[C@@H]1CCC2=O)C4. The fourth-order valence-corrected chi connectivity index (χ4v) is 6.18. The highest BCUT2D eigenvalue weighted by Gasteiger charge is 2.54. The molecule has 3 saturated carbocycles. The Bertz CT molecular complexity index is 897. The summed E-state index contributed by atoms with van der Waals surface area (Å²) in [6, 6.07) is 0. The first kappa shape index (κ1) is 19.7. The molecule has 4 atom stereocenters. The quantitative estimate of drug-likeness (QED) is 0.479. The second-order valence-electron chi connectivity index (χ2n) is 8.61. The van der Waals surface area contributed by atoms with Crippen molar-refractivity contribution >= 4 is 15.9 Å². The first-order valence-corrected chi connectivity index (χ1v) is 11.1. The lowest BCUT2D eigenvalue weighted by atomic mass is 9.58. The van der Waals surface area contributed by atoms with Gasteiger partial charge in [-0.05, 0) is 68.4 Å². The van der Waals surface area contributed by atoms with Crippen LogP contribution in [-0.4, -0.2) is 19.7 Å². The first-order chi connectivity index (χ1) is 13.0. The van der Waals surface area contributed by atoms with Crippen LogP contribution in [0.2, 0.25) is 0 Å². The maximum absolute atomic E-state index is 12.6. The van der Waals surface area contributed by atoms with Crippen LogP contribution in [0.3, 0.4) is 0 Å². The van der Waals surface area contributed by atoms with Crippen LogP contribution in [0, 0.1) is 23.2 Å². The zero-order valence-corrected chi connectivity index (χ0v) is 16.4. The monoisotopic (exact) mass is 416 g/mol. The highest BCUT2D eigenvalue weighted by molar-refractivity contribution is 7.87. The van der Waals surface area contributed by atoms with Crippen LogP contribution in [0.1, 0.15) is 51.9 Å². The molecule has 8 heteroatoms. The summed E-state index contributed by atoms with van der Waals surface area (Å²) < 4.78 is 64.9. The lowest BCUT2D eigenvalue weighted by Crippen LogP contribution is -2.41. The van der Waals surface area contributed by atoms with E-state index < -0.39 is 15.6 Å². The van der Waals surface area contributed by atoms with Crippen molar-refractivity contribution in [1.29, 1.82) is 0 Å². The minimum atomic E-state index is -5.68. The summed E-state index contributed by atoms with van der Waals surface area (Å²) in [4.78, 5) is 12.4. The normalized spacial score (nSPS) is 35.6. The Kier molecular flexibility index (Phi) is 4.56. The molecule has 0 radical (unpaired) electrons. The Morgan fingerprint density at radius 1 is 1.14 bits per heavy atom. The molecule has 0 heterocycles. The molecule has 0 spiro atoms. The number of carbonyl (C=O) groups excluding carboxylic acids is 1. The molecule has 0 saturated heterocycles. The Morgan fingerprint density at radius 2 is 1.89 bits per heavy atom. The van der Waals surface area contributed by atoms with E-state index in [-0.39, 0.29) is 17.1 Å². The van der Waals surface area contributed by atoms with Crippen LogP contribution in [0.4, 0.5) is 13.2 Å². The summed E-state index contributed by atoms with van der Waals surface area (Å²) in [6.07, 6.45) is 9.92. The van der Waals surface area contributed by atoms with Crippen molar-refractivity contribution in [3.63, 3.8) is 0 Å². The van der Waals surface area contributed by atoms with E-state index in [1.807, 2.05) is 0 Å². The summed E-state index contributed by atoms with van der Waals surface area (Å²) in [5.41, 5.74) is -3.70. The van der Waals surface area contributed by atoms with E-state index >= 15 is 0 Å². The van der Waals surface area contributed by atoms with Gasteiger partial charge in [-0.2, -0.15) is 21.6 Å². The fourth-order valence-electron chi connectivity index (χ4n) is 5.73. The van der Waals surface area contributed by atoms with Gasteiger partial charge in [0, 0.05) is 11.8 Å². The summed E-state index contributed by atoms with van der Waals surface area (Å²) >= 11 is 0. The second kappa shape index (κ2) is 6.47. The zero-order chi connectivity index (χ0) is 20.3. The maximum Gasteiger partial charge on any atom is 0.534 e. The first-order valence-electron chi connectivity index (χ1n) is 9.65. The van der Waals surface area contributed by atoms with Crippen LogP contribution in [-0.2, 0) is 19.1 Å². The smallest absolute Gasteiger partial charge is 0.376 e. The number of halogens is 3. The molecular weight excluding hydrogens is 393 g/mol. The Labute approximate surface area is 162 Å². The molecule has 28 heavy (non-hydrogen) atoms. The molecule has 0 N–H and O–H groups in total. The number of ketones is 1. The van der Waals surface area contributed by atoms with Gasteiger partial charge in [-0.1, -0.05) is 24.1 Å². The van der Waals surface area contributed by atoms with Crippen molar-refractivity contribution in [3.8, 4) is 0 Å². The van der Waals surface area contributed by atoms with Gasteiger partial charge in [0.25, 0.3) is 0 Å². The van der Waals surface area contributed by atoms with Gasteiger partial charge >= 0.3 is 15.6 Å². The number of Topliss-reactive ketones (excluding diaryl/α,β-unsaturated/α-hetero) is 1. The predicted molar refractivity (Wildman–Crippen MR) is 96.2 cm³/mol. The number of hydrogen-bond acceptors (Lipinski definition) is 4. The van der Waals surface area contributed by atoms with Gasteiger partial charge in [-0.25, -0.2) is 0 Å². The van der Waals surface area contributed by atoms with Gasteiger partial charge in [0.05, 0.1) is 0 Å².